The highest BCUT2D eigenvalue weighted by molar-refractivity contribution is 5.47. The van der Waals surface area contributed by atoms with Gasteiger partial charge < -0.3 is 10.0 Å². The Hall–Kier alpha value is -1.60. The van der Waals surface area contributed by atoms with Crippen molar-refractivity contribution in [2.75, 3.05) is 18.1 Å². The van der Waals surface area contributed by atoms with Gasteiger partial charge in [-0.15, -0.1) is 0 Å². The lowest BCUT2D eigenvalue weighted by molar-refractivity contribution is 0.181. The molecule has 2 atom stereocenters. The van der Waals surface area contributed by atoms with E-state index in [0.717, 1.165) is 25.1 Å². The number of hydrogen-bond donors (Lipinski definition) is 1. The zero-order valence-electron chi connectivity index (χ0n) is 10.0. The lowest BCUT2D eigenvalue weighted by Crippen LogP contribution is -2.44. The van der Waals surface area contributed by atoms with Gasteiger partial charge in [0.25, 0.3) is 0 Å². The number of hydrogen-bond acceptors (Lipinski definition) is 4. The number of aliphatic hydroxyl groups excluding tert-OH is 1. The fourth-order valence-electron chi connectivity index (χ4n) is 2.45. The third-order valence-corrected chi connectivity index (χ3v) is 3.58. The summed E-state index contributed by atoms with van der Waals surface area (Å²) in [5.41, 5.74) is 1.48. The largest absolute Gasteiger partial charge is 0.396 e. The number of piperidine rings is 1. The molecule has 1 aliphatic rings. The maximum Gasteiger partial charge on any atom is 0.140 e. The van der Waals surface area contributed by atoms with Crippen LogP contribution in [0.5, 0.6) is 0 Å². The summed E-state index contributed by atoms with van der Waals surface area (Å²) in [5.74, 6) is 0.333. The molecule has 2 heterocycles. The van der Waals surface area contributed by atoms with Gasteiger partial charge in [0.05, 0.1) is 11.9 Å². The molecule has 0 bridgehead atoms. The molecule has 0 amide bonds. The van der Waals surface area contributed by atoms with Crippen molar-refractivity contribution in [3.05, 3.63) is 24.0 Å². The maximum atomic E-state index is 9.32. The van der Waals surface area contributed by atoms with E-state index in [0.29, 0.717) is 17.7 Å². The maximum absolute atomic E-state index is 9.32. The summed E-state index contributed by atoms with van der Waals surface area (Å²) in [7, 11) is 0. The fraction of sp³-hybridized carbons (Fsp3) is 0.538. The molecule has 1 N–H and O–H groups in total. The van der Waals surface area contributed by atoms with Crippen molar-refractivity contribution < 1.29 is 5.11 Å². The minimum atomic E-state index is 0.237. The van der Waals surface area contributed by atoms with Crippen molar-refractivity contribution >= 4 is 5.69 Å². The van der Waals surface area contributed by atoms with Crippen molar-refractivity contribution in [1.82, 2.24) is 4.98 Å². The molecule has 1 aromatic heterocycles. The Balaban J connectivity index is 2.17. The van der Waals surface area contributed by atoms with Crippen LogP contribution < -0.4 is 4.90 Å². The summed E-state index contributed by atoms with van der Waals surface area (Å²) in [6.45, 7) is 3.37. The van der Waals surface area contributed by atoms with E-state index in [4.69, 9.17) is 5.26 Å². The number of anilines is 1. The topological polar surface area (TPSA) is 60.1 Å². The summed E-state index contributed by atoms with van der Waals surface area (Å²) >= 11 is 0. The van der Waals surface area contributed by atoms with Gasteiger partial charge in [-0.2, -0.15) is 5.26 Å². The Kier molecular flexibility index (Phi) is 3.60. The molecule has 4 heteroatoms. The summed E-state index contributed by atoms with van der Waals surface area (Å²) in [5, 5.41) is 18.0. The van der Waals surface area contributed by atoms with Gasteiger partial charge in [-0.25, -0.2) is 4.98 Å². The first-order valence-electron chi connectivity index (χ1n) is 6.00. The predicted octanol–water partition coefficient (Wildman–Crippen LogP) is 1.55. The average Bonchev–Trinajstić information content (AvgIpc) is 2.39. The highest BCUT2D eigenvalue weighted by Crippen LogP contribution is 2.27. The van der Waals surface area contributed by atoms with Crippen molar-refractivity contribution in [1.29, 1.82) is 5.26 Å². The highest BCUT2D eigenvalue weighted by atomic mass is 16.3. The molecule has 0 aromatic carbocycles. The van der Waals surface area contributed by atoms with Crippen LogP contribution in [-0.2, 0) is 0 Å². The average molecular weight is 231 g/mol. The molecule has 0 aliphatic carbocycles. The summed E-state index contributed by atoms with van der Waals surface area (Å²) in [4.78, 5) is 6.35. The molecule has 1 saturated heterocycles. The molecule has 1 fully saturated rings. The Morgan fingerprint density at radius 3 is 3.00 bits per heavy atom. The van der Waals surface area contributed by atoms with Gasteiger partial charge in [-0.05, 0) is 31.9 Å². The second kappa shape index (κ2) is 5.15. The Morgan fingerprint density at radius 1 is 1.59 bits per heavy atom. The van der Waals surface area contributed by atoms with Crippen LogP contribution in [0.2, 0.25) is 0 Å². The molecule has 17 heavy (non-hydrogen) atoms. The second-order valence-electron chi connectivity index (χ2n) is 4.53. The van der Waals surface area contributed by atoms with Gasteiger partial charge in [-0.3, -0.25) is 0 Å². The van der Waals surface area contributed by atoms with Crippen molar-refractivity contribution in [2.45, 2.75) is 25.8 Å². The lowest BCUT2D eigenvalue weighted by Gasteiger charge is -2.40. The van der Waals surface area contributed by atoms with Gasteiger partial charge in [0.2, 0.25) is 0 Å². The Bertz CT molecular complexity index is 410. The van der Waals surface area contributed by atoms with E-state index in [2.05, 4.69) is 16.8 Å². The number of pyridine rings is 1. The van der Waals surface area contributed by atoms with E-state index in [1.807, 2.05) is 12.1 Å². The van der Waals surface area contributed by atoms with Crippen LogP contribution in [-0.4, -0.2) is 29.3 Å². The number of rotatable bonds is 2. The molecule has 1 aromatic rings. The minimum Gasteiger partial charge on any atom is -0.396 e. The molecule has 1 aliphatic heterocycles. The molecular formula is C13H17N3O. The lowest BCUT2D eigenvalue weighted by atomic mass is 9.90. The Labute approximate surface area is 102 Å². The molecule has 90 valence electrons. The summed E-state index contributed by atoms with van der Waals surface area (Å²) in [6.07, 6.45) is 3.92. The van der Waals surface area contributed by atoms with Crippen LogP contribution in [0.3, 0.4) is 0 Å². The normalized spacial score (nSPS) is 24.4. The van der Waals surface area contributed by atoms with Crippen LogP contribution in [0.25, 0.3) is 0 Å². The quantitative estimate of drug-likeness (QED) is 0.839. The minimum absolute atomic E-state index is 0.237. The standard InChI is InChI=1S/C13H17N3O/c1-10-11(9-17)3-2-6-16(10)13-5-4-12(7-14)15-8-13/h4-5,8,10-11,17H,2-3,6,9H2,1H3. The van der Waals surface area contributed by atoms with Gasteiger partial charge >= 0.3 is 0 Å². The predicted molar refractivity (Wildman–Crippen MR) is 65.6 cm³/mol. The van der Waals surface area contributed by atoms with Gasteiger partial charge in [0.1, 0.15) is 11.8 Å². The highest BCUT2D eigenvalue weighted by Gasteiger charge is 2.27. The van der Waals surface area contributed by atoms with Crippen LogP contribution >= 0.6 is 0 Å². The number of nitriles is 1. The van der Waals surface area contributed by atoms with Crippen LogP contribution in [0.1, 0.15) is 25.5 Å². The second-order valence-corrected chi connectivity index (χ2v) is 4.53. The van der Waals surface area contributed by atoms with Crippen LogP contribution in [0.15, 0.2) is 18.3 Å². The summed E-state index contributed by atoms with van der Waals surface area (Å²) in [6, 6.07) is 6.01. The van der Waals surface area contributed by atoms with Gasteiger partial charge in [-0.1, -0.05) is 0 Å². The monoisotopic (exact) mass is 231 g/mol. The van der Waals surface area contributed by atoms with Crippen LogP contribution in [0.4, 0.5) is 5.69 Å². The Morgan fingerprint density at radius 2 is 2.41 bits per heavy atom. The number of aromatic nitrogens is 1. The first kappa shape index (κ1) is 11.9. The van der Waals surface area contributed by atoms with E-state index in [1.165, 1.54) is 0 Å². The smallest absolute Gasteiger partial charge is 0.140 e. The SMILES string of the molecule is CC1C(CO)CCCN1c1ccc(C#N)nc1. The third-order valence-electron chi connectivity index (χ3n) is 3.58. The van der Waals surface area contributed by atoms with Crippen molar-refractivity contribution in [3.63, 3.8) is 0 Å². The first-order chi connectivity index (χ1) is 8.26. The molecule has 0 spiro atoms. The molecule has 2 unspecified atom stereocenters. The third kappa shape index (κ3) is 2.40. The van der Waals surface area contributed by atoms with Crippen molar-refractivity contribution in [3.8, 4) is 6.07 Å². The first-order valence-corrected chi connectivity index (χ1v) is 6.00. The molecule has 2 rings (SSSR count). The molecular weight excluding hydrogens is 214 g/mol. The molecule has 0 saturated carbocycles. The van der Waals surface area contributed by atoms with E-state index in [9.17, 15) is 5.11 Å². The number of aliphatic hydroxyl groups is 1. The zero-order valence-corrected chi connectivity index (χ0v) is 10.0. The van der Waals surface area contributed by atoms with E-state index in [1.54, 1.807) is 12.3 Å². The fourth-order valence-corrected chi connectivity index (χ4v) is 2.45. The molecule has 0 radical (unpaired) electrons. The molecule has 4 nitrogen and oxygen atoms in total. The van der Waals surface area contributed by atoms with Crippen molar-refractivity contribution in [2.24, 2.45) is 5.92 Å². The van der Waals surface area contributed by atoms with E-state index >= 15 is 0 Å². The van der Waals surface area contributed by atoms with Gasteiger partial charge in [0.15, 0.2) is 0 Å². The zero-order chi connectivity index (χ0) is 12.3. The van der Waals surface area contributed by atoms with E-state index in [-0.39, 0.29) is 6.61 Å². The summed E-state index contributed by atoms with van der Waals surface area (Å²) < 4.78 is 0. The number of nitrogens with zero attached hydrogens (tertiary/aromatic N) is 3. The van der Waals surface area contributed by atoms with E-state index < -0.39 is 0 Å². The van der Waals surface area contributed by atoms with Crippen LogP contribution in [0, 0.1) is 17.2 Å². The van der Waals surface area contributed by atoms with Gasteiger partial charge in [0, 0.05) is 25.1 Å².